The molecule has 0 fully saturated rings. The monoisotopic (exact) mass is 389 g/mol. The van der Waals surface area contributed by atoms with Crippen LogP contribution in [0.4, 0.5) is 10.3 Å². The van der Waals surface area contributed by atoms with Crippen molar-refractivity contribution in [2.45, 2.75) is 32.7 Å². The fraction of sp³-hybridized carbons (Fsp3) is 0.304. The molecule has 2 aromatic carbocycles. The zero-order chi connectivity index (χ0) is 20.0. The van der Waals surface area contributed by atoms with Crippen LogP contribution in [0, 0.1) is 5.82 Å². The average molecular weight is 389 g/mol. The first-order valence-corrected chi connectivity index (χ1v) is 10.2. The Morgan fingerprint density at radius 2 is 2.00 bits per heavy atom. The molecule has 2 N–H and O–H groups in total. The van der Waals surface area contributed by atoms with Gasteiger partial charge in [-0.3, -0.25) is 9.30 Å². The first-order chi connectivity index (χ1) is 14.1. The van der Waals surface area contributed by atoms with Crippen LogP contribution in [0.25, 0.3) is 16.6 Å². The Balaban J connectivity index is 1.54. The molecule has 0 aliphatic carbocycles. The van der Waals surface area contributed by atoms with Crippen molar-refractivity contribution in [1.82, 2.24) is 19.3 Å². The van der Waals surface area contributed by atoms with Crippen molar-refractivity contribution in [2.75, 3.05) is 18.8 Å². The van der Waals surface area contributed by atoms with E-state index >= 15 is 0 Å². The second-order valence-corrected chi connectivity index (χ2v) is 7.79. The van der Waals surface area contributed by atoms with Gasteiger partial charge in [-0.2, -0.15) is 0 Å². The largest absolute Gasteiger partial charge is 0.369 e. The van der Waals surface area contributed by atoms with E-state index in [0.717, 1.165) is 38.2 Å². The van der Waals surface area contributed by atoms with E-state index in [-0.39, 0.29) is 17.3 Å². The number of benzene rings is 2. The van der Waals surface area contributed by atoms with Gasteiger partial charge in [0.2, 0.25) is 5.95 Å². The van der Waals surface area contributed by atoms with Crippen LogP contribution in [0.5, 0.6) is 0 Å². The Hall–Kier alpha value is -2.99. The van der Waals surface area contributed by atoms with E-state index in [4.69, 9.17) is 10.7 Å². The average Bonchev–Trinajstić information content (AvgIpc) is 3.14. The Bertz CT molecular complexity index is 1210. The van der Waals surface area contributed by atoms with Crippen LogP contribution in [0.1, 0.15) is 35.7 Å². The number of rotatable bonds is 4. The Labute approximate surface area is 169 Å². The van der Waals surface area contributed by atoms with Gasteiger partial charge in [-0.15, -0.1) is 0 Å². The molecule has 0 atom stereocenters. The highest BCUT2D eigenvalue weighted by atomic mass is 19.1. The van der Waals surface area contributed by atoms with Crippen molar-refractivity contribution >= 4 is 22.5 Å². The zero-order valence-corrected chi connectivity index (χ0v) is 16.5. The normalized spacial score (nSPS) is 14.6. The summed E-state index contributed by atoms with van der Waals surface area (Å²) in [7, 11) is 0. The lowest BCUT2D eigenvalue weighted by molar-refractivity contribution is 0.254. The molecule has 1 aliphatic heterocycles. The molecule has 148 valence electrons. The molecule has 6 heteroatoms. The van der Waals surface area contributed by atoms with Gasteiger partial charge in [-0.05, 0) is 48.2 Å². The maximum atomic E-state index is 14.2. The second-order valence-electron chi connectivity index (χ2n) is 7.79. The van der Waals surface area contributed by atoms with Gasteiger partial charge in [0.15, 0.2) is 0 Å². The Morgan fingerprint density at radius 3 is 2.86 bits per heavy atom. The maximum Gasteiger partial charge on any atom is 0.206 e. The van der Waals surface area contributed by atoms with Crippen molar-refractivity contribution < 1.29 is 4.39 Å². The minimum absolute atomic E-state index is 0.252. The van der Waals surface area contributed by atoms with Gasteiger partial charge in [0.05, 0.1) is 5.69 Å². The molecular weight excluding hydrogens is 365 g/mol. The fourth-order valence-corrected chi connectivity index (χ4v) is 4.47. The van der Waals surface area contributed by atoms with Crippen molar-refractivity contribution in [3.8, 4) is 0 Å². The summed E-state index contributed by atoms with van der Waals surface area (Å²) in [4.78, 5) is 11.6. The lowest BCUT2D eigenvalue weighted by Crippen LogP contribution is -2.31. The van der Waals surface area contributed by atoms with E-state index in [0.29, 0.717) is 11.0 Å². The fourth-order valence-electron chi connectivity index (χ4n) is 4.47. The minimum atomic E-state index is -0.380. The van der Waals surface area contributed by atoms with E-state index in [9.17, 15) is 4.39 Å². The number of para-hydroxylation sites is 1. The van der Waals surface area contributed by atoms with Gasteiger partial charge in [0.25, 0.3) is 0 Å². The highest BCUT2D eigenvalue weighted by molar-refractivity contribution is 5.92. The van der Waals surface area contributed by atoms with Gasteiger partial charge in [-0.25, -0.2) is 14.4 Å². The number of anilines is 1. The Morgan fingerprint density at radius 1 is 1.14 bits per heavy atom. The van der Waals surface area contributed by atoms with Gasteiger partial charge in [0, 0.05) is 31.1 Å². The molecule has 4 aromatic rings. The number of nitrogen functional groups attached to an aromatic ring is 1. The highest BCUT2D eigenvalue weighted by Gasteiger charge is 2.19. The third-order valence-electron chi connectivity index (χ3n) is 5.81. The standard InChI is InChI=1S/C23H24FN5/c1-2-10-28-11-9-18-15(5-3-6-16(18)13-28)12-17-14-29-22(26-17)19-7-4-8-20(24)21(19)27-23(29)25/h3-8,14H,2,9-13H2,1H3,(H2,25,27). The first kappa shape index (κ1) is 18.1. The summed E-state index contributed by atoms with van der Waals surface area (Å²) in [5, 5.41) is 0.677. The van der Waals surface area contributed by atoms with Gasteiger partial charge in [-0.1, -0.05) is 31.2 Å². The molecule has 0 saturated carbocycles. The summed E-state index contributed by atoms with van der Waals surface area (Å²) >= 11 is 0. The van der Waals surface area contributed by atoms with Gasteiger partial charge >= 0.3 is 0 Å². The molecular formula is C23H24FN5. The van der Waals surface area contributed by atoms with Crippen molar-refractivity contribution in [3.05, 3.63) is 70.8 Å². The topological polar surface area (TPSA) is 59.5 Å². The molecule has 0 spiro atoms. The van der Waals surface area contributed by atoms with Crippen LogP contribution in [0.2, 0.25) is 0 Å². The van der Waals surface area contributed by atoms with E-state index in [2.05, 4.69) is 35.0 Å². The number of hydrogen-bond donors (Lipinski definition) is 1. The molecule has 5 nitrogen and oxygen atoms in total. The molecule has 0 radical (unpaired) electrons. The molecule has 5 rings (SSSR count). The molecule has 0 saturated heterocycles. The summed E-state index contributed by atoms with van der Waals surface area (Å²) in [5.41, 5.74) is 12.1. The number of nitrogens with two attached hydrogens (primary N) is 1. The van der Waals surface area contributed by atoms with Gasteiger partial charge < -0.3 is 5.73 Å². The molecule has 2 aromatic heterocycles. The molecule has 0 bridgehead atoms. The summed E-state index contributed by atoms with van der Waals surface area (Å²) < 4.78 is 15.9. The van der Waals surface area contributed by atoms with Crippen molar-refractivity contribution in [3.63, 3.8) is 0 Å². The van der Waals surface area contributed by atoms with E-state index < -0.39 is 0 Å². The van der Waals surface area contributed by atoms with Crippen LogP contribution in [0.15, 0.2) is 42.6 Å². The SMILES string of the molecule is CCCN1CCc2c(Cc3cn4c(N)nc5c(F)cccc5c4n3)cccc2C1. The number of nitrogens with zero attached hydrogens (tertiary/aromatic N) is 4. The predicted molar refractivity (Wildman–Crippen MR) is 113 cm³/mol. The minimum Gasteiger partial charge on any atom is -0.369 e. The molecule has 29 heavy (non-hydrogen) atoms. The molecule has 0 amide bonds. The second kappa shape index (κ2) is 7.12. The number of halogens is 1. The van der Waals surface area contributed by atoms with Crippen molar-refractivity contribution in [1.29, 1.82) is 0 Å². The number of fused-ring (bicyclic) bond motifs is 4. The summed E-state index contributed by atoms with van der Waals surface area (Å²) in [6, 6.07) is 11.5. The smallest absolute Gasteiger partial charge is 0.206 e. The van der Waals surface area contributed by atoms with Crippen molar-refractivity contribution in [2.24, 2.45) is 0 Å². The van der Waals surface area contributed by atoms with Crippen LogP contribution in [0.3, 0.4) is 0 Å². The molecule has 0 unspecified atom stereocenters. The van der Waals surface area contributed by atoms with E-state index in [1.165, 1.54) is 29.2 Å². The first-order valence-electron chi connectivity index (χ1n) is 10.2. The maximum absolute atomic E-state index is 14.2. The van der Waals surface area contributed by atoms with Crippen LogP contribution >= 0.6 is 0 Å². The summed E-state index contributed by atoms with van der Waals surface area (Å²) in [5.74, 6) is -0.128. The lowest BCUT2D eigenvalue weighted by Gasteiger charge is -2.29. The van der Waals surface area contributed by atoms with E-state index in [1.54, 1.807) is 10.5 Å². The number of aromatic nitrogens is 3. The summed E-state index contributed by atoms with van der Waals surface area (Å²) in [6.45, 7) is 5.49. The third kappa shape index (κ3) is 3.13. The predicted octanol–water partition coefficient (Wildman–Crippen LogP) is 3.96. The third-order valence-corrected chi connectivity index (χ3v) is 5.81. The number of hydrogen-bond acceptors (Lipinski definition) is 4. The van der Waals surface area contributed by atoms with Crippen LogP contribution in [-0.2, 0) is 19.4 Å². The van der Waals surface area contributed by atoms with Crippen LogP contribution in [-0.4, -0.2) is 32.4 Å². The molecule has 1 aliphatic rings. The zero-order valence-electron chi connectivity index (χ0n) is 16.5. The lowest BCUT2D eigenvalue weighted by atomic mass is 9.92. The quantitative estimate of drug-likeness (QED) is 0.574. The highest BCUT2D eigenvalue weighted by Crippen LogP contribution is 2.27. The molecule has 3 heterocycles. The van der Waals surface area contributed by atoms with Crippen LogP contribution < -0.4 is 5.73 Å². The summed E-state index contributed by atoms with van der Waals surface area (Å²) in [6.07, 6.45) is 4.90. The Kier molecular flexibility index (Phi) is 4.43. The van der Waals surface area contributed by atoms with E-state index in [1.807, 2.05) is 12.3 Å². The van der Waals surface area contributed by atoms with Gasteiger partial charge in [0.1, 0.15) is 17.0 Å². The number of imidazole rings is 1.